The number of benzene rings is 1. The molecule has 1 aromatic rings. The van der Waals surface area contributed by atoms with E-state index in [0.717, 1.165) is 22.4 Å². The molecule has 0 fully saturated rings. The van der Waals surface area contributed by atoms with Crippen LogP contribution in [0.15, 0.2) is 18.2 Å². The molecule has 104 valence electrons. The van der Waals surface area contributed by atoms with Gasteiger partial charge in [0.05, 0.1) is 6.04 Å². The van der Waals surface area contributed by atoms with Gasteiger partial charge < -0.3 is 4.90 Å². The van der Waals surface area contributed by atoms with Crippen molar-refractivity contribution in [2.45, 2.75) is 38.9 Å². The Bertz CT molecular complexity index is 496. The fourth-order valence-electron chi connectivity index (χ4n) is 2.55. The zero-order chi connectivity index (χ0) is 14.2. The summed E-state index contributed by atoms with van der Waals surface area (Å²) in [5.74, 6) is -1.75. The second-order valence-corrected chi connectivity index (χ2v) is 4.81. The van der Waals surface area contributed by atoms with Gasteiger partial charge in [-0.2, -0.15) is 13.2 Å². The number of nitrogens with zero attached hydrogens (tertiary/aromatic N) is 1. The molecule has 0 bridgehead atoms. The summed E-state index contributed by atoms with van der Waals surface area (Å²) >= 11 is 0. The first-order valence-corrected chi connectivity index (χ1v) is 6.34. The first-order chi connectivity index (χ1) is 8.84. The number of halogens is 3. The van der Waals surface area contributed by atoms with Gasteiger partial charge in [0.25, 0.3) is 0 Å². The van der Waals surface area contributed by atoms with Gasteiger partial charge in [-0.05, 0) is 36.5 Å². The van der Waals surface area contributed by atoms with Crippen molar-refractivity contribution in [3.63, 3.8) is 0 Å². The lowest BCUT2D eigenvalue weighted by Gasteiger charge is -2.35. The lowest BCUT2D eigenvalue weighted by atomic mass is 9.91. The van der Waals surface area contributed by atoms with Crippen LogP contribution in [-0.2, 0) is 17.6 Å². The minimum absolute atomic E-state index is 0.125. The molecule has 1 heterocycles. The van der Waals surface area contributed by atoms with Gasteiger partial charge in [0.2, 0.25) is 0 Å². The average Bonchev–Trinajstić information content (AvgIpc) is 2.37. The maximum Gasteiger partial charge on any atom is 0.471 e. The molecule has 1 unspecified atom stereocenters. The fourth-order valence-corrected chi connectivity index (χ4v) is 2.55. The van der Waals surface area contributed by atoms with E-state index in [4.69, 9.17) is 0 Å². The molecule has 0 saturated heterocycles. The van der Waals surface area contributed by atoms with Crippen LogP contribution in [0.5, 0.6) is 0 Å². The molecular formula is C14H16F3NO. The van der Waals surface area contributed by atoms with Crippen LogP contribution in [0.25, 0.3) is 0 Å². The van der Waals surface area contributed by atoms with Crippen molar-refractivity contribution in [3.05, 3.63) is 34.9 Å². The highest BCUT2D eigenvalue weighted by Crippen LogP contribution is 2.33. The molecule has 0 saturated carbocycles. The Morgan fingerprint density at radius 1 is 1.42 bits per heavy atom. The van der Waals surface area contributed by atoms with E-state index < -0.39 is 18.1 Å². The lowest BCUT2D eigenvalue weighted by Crippen LogP contribution is -2.45. The molecule has 1 atom stereocenters. The molecular weight excluding hydrogens is 255 g/mol. The summed E-state index contributed by atoms with van der Waals surface area (Å²) in [6.07, 6.45) is -3.42. The molecule has 0 aliphatic carbocycles. The van der Waals surface area contributed by atoms with Crippen molar-refractivity contribution < 1.29 is 18.0 Å². The lowest BCUT2D eigenvalue weighted by molar-refractivity contribution is -0.188. The standard InChI is InChI=1S/C14H16F3NO/c1-3-10-4-5-12-9(2)18(7-6-11(12)8-10)13(19)14(15,16)17/h4-5,8-9H,3,6-7H2,1-2H3. The molecule has 19 heavy (non-hydrogen) atoms. The summed E-state index contributed by atoms with van der Waals surface area (Å²) in [4.78, 5) is 12.3. The molecule has 0 aromatic heterocycles. The first kappa shape index (κ1) is 13.9. The molecule has 2 rings (SSSR count). The number of hydrogen-bond acceptors (Lipinski definition) is 1. The van der Waals surface area contributed by atoms with E-state index in [9.17, 15) is 18.0 Å². The summed E-state index contributed by atoms with van der Waals surface area (Å²) in [5.41, 5.74) is 3.04. The van der Waals surface area contributed by atoms with Gasteiger partial charge in [-0.3, -0.25) is 4.79 Å². The highest BCUT2D eigenvalue weighted by atomic mass is 19.4. The minimum atomic E-state index is -4.80. The molecule has 1 amide bonds. The molecule has 1 aliphatic rings. The van der Waals surface area contributed by atoms with Gasteiger partial charge in [0.1, 0.15) is 0 Å². The van der Waals surface area contributed by atoms with Gasteiger partial charge in [0.15, 0.2) is 0 Å². The number of amides is 1. The zero-order valence-electron chi connectivity index (χ0n) is 10.9. The van der Waals surface area contributed by atoms with Gasteiger partial charge in [-0.15, -0.1) is 0 Å². The van der Waals surface area contributed by atoms with E-state index in [1.165, 1.54) is 5.56 Å². The maximum absolute atomic E-state index is 12.5. The van der Waals surface area contributed by atoms with E-state index >= 15 is 0 Å². The summed E-state index contributed by atoms with van der Waals surface area (Å²) in [7, 11) is 0. The number of aryl methyl sites for hydroxylation is 1. The van der Waals surface area contributed by atoms with Crippen molar-refractivity contribution in [1.82, 2.24) is 4.90 Å². The van der Waals surface area contributed by atoms with Crippen molar-refractivity contribution in [1.29, 1.82) is 0 Å². The van der Waals surface area contributed by atoms with Crippen molar-refractivity contribution in [3.8, 4) is 0 Å². The number of fused-ring (bicyclic) bond motifs is 1. The van der Waals surface area contributed by atoms with E-state index in [1.807, 2.05) is 25.1 Å². The van der Waals surface area contributed by atoms with Crippen LogP contribution in [0, 0.1) is 0 Å². The molecule has 0 spiro atoms. The minimum Gasteiger partial charge on any atom is -0.328 e. The summed E-state index contributed by atoms with van der Waals surface area (Å²) in [6.45, 7) is 3.81. The zero-order valence-corrected chi connectivity index (χ0v) is 10.9. The quantitative estimate of drug-likeness (QED) is 0.767. The molecule has 0 radical (unpaired) electrons. The van der Waals surface area contributed by atoms with Crippen LogP contribution in [-0.4, -0.2) is 23.5 Å². The van der Waals surface area contributed by atoms with Crippen LogP contribution in [0.4, 0.5) is 13.2 Å². The summed E-state index contributed by atoms with van der Waals surface area (Å²) < 4.78 is 37.5. The Kier molecular flexibility index (Phi) is 3.56. The van der Waals surface area contributed by atoms with Gasteiger partial charge in [0, 0.05) is 6.54 Å². The maximum atomic E-state index is 12.5. The predicted octanol–water partition coefficient (Wildman–Crippen LogP) is 3.26. The van der Waals surface area contributed by atoms with E-state index in [0.29, 0.717) is 6.42 Å². The Labute approximate surface area is 110 Å². The first-order valence-electron chi connectivity index (χ1n) is 6.34. The number of alkyl halides is 3. The Balaban J connectivity index is 2.30. The molecule has 0 N–H and O–H groups in total. The molecule has 5 heteroatoms. The molecule has 1 aliphatic heterocycles. The van der Waals surface area contributed by atoms with Crippen molar-refractivity contribution in [2.75, 3.05) is 6.54 Å². The molecule has 2 nitrogen and oxygen atoms in total. The predicted molar refractivity (Wildman–Crippen MR) is 65.7 cm³/mol. The van der Waals surface area contributed by atoms with Gasteiger partial charge >= 0.3 is 12.1 Å². The van der Waals surface area contributed by atoms with E-state index in [1.54, 1.807) is 6.92 Å². The van der Waals surface area contributed by atoms with Crippen LogP contribution in [0.1, 0.15) is 36.6 Å². The second kappa shape index (κ2) is 4.87. The SMILES string of the molecule is CCc1ccc2c(c1)CCN(C(=O)C(F)(F)F)C2C. The topological polar surface area (TPSA) is 20.3 Å². The third-order valence-corrected chi connectivity index (χ3v) is 3.66. The van der Waals surface area contributed by atoms with E-state index in [-0.39, 0.29) is 6.54 Å². The highest BCUT2D eigenvalue weighted by Gasteiger charge is 2.45. The summed E-state index contributed by atoms with van der Waals surface area (Å²) in [6, 6.07) is 5.26. The number of carbonyl (C=O) groups excluding carboxylic acids is 1. The fraction of sp³-hybridized carbons (Fsp3) is 0.500. The van der Waals surface area contributed by atoms with Crippen LogP contribution < -0.4 is 0 Å². The third-order valence-electron chi connectivity index (χ3n) is 3.66. The van der Waals surface area contributed by atoms with E-state index in [2.05, 4.69) is 0 Å². The number of rotatable bonds is 1. The highest BCUT2D eigenvalue weighted by molar-refractivity contribution is 5.82. The summed E-state index contributed by atoms with van der Waals surface area (Å²) in [5, 5.41) is 0. The Hall–Kier alpha value is -1.52. The normalized spacial score (nSPS) is 19.2. The Morgan fingerprint density at radius 2 is 2.11 bits per heavy atom. The largest absolute Gasteiger partial charge is 0.471 e. The second-order valence-electron chi connectivity index (χ2n) is 4.81. The monoisotopic (exact) mass is 271 g/mol. The number of hydrogen-bond donors (Lipinski definition) is 0. The Morgan fingerprint density at radius 3 is 2.68 bits per heavy atom. The average molecular weight is 271 g/mol. The van der Waals surface area contributed by atoms with Crippen LogP contribution in [0.2, 0.25) is 0 Å². The van der Waals surface area contributed by atoms with Crippen LogP contribution in [0.3, 0.4) is 0 Å². The van der Waals surface area contributed by atoms with Crippen molar-refractivity contribution >= 4 is 5.91 Å². The third kappa shape index (κ3) is 2.60. The van der Waals surface area contributed by atoms with Crippen molar-refractivity contribution in [2.24, 2.45) is 0 Å². The van der Waals surface area contributed by atoms with Gasteiger partial charge in [-0.1, -0.05) is 25.1 Å². The smallest absolute Gasteiger partial charge is 0.328 e. The number of carbonyl (C=O) groups is 1. The van der Waals surface area contributed by atoms with Gasteiger partial charge in [-0.25, -0.2) is 0 Å². The molecule has 1 aromatic carbocycles. The van der Waals surface area contributed by atoms with Crippen LogP contribution >= 0.6 is 0 Å².